The van der Waals surface area contributed by atoms with Crippen molar-refractivity contribution in [1.82, 2.24) is 23.9 Å². The first-order valence-electron chi connectivity index (χ1n) is 19.5. The van der Waals surface area contributed by atoms with Crippen LogP contribution < -0.4 is 4.74 Å². The molecule has 5 aromatic heterocycles. The molecule has 6 aromatic carbocycles. The molecule has 1 aliphatic carbocycles. The molecule has 12 rings (SSSR count). The van der Waals surface area contributed by atoms with Crippen molar-refractivity contribution in [3.05, 3.63) is 174 Å². The van der Waals surface area contributed by atoms with E-state index in [9.17, 15) is 0 Å². The number of aromatic nitrogens is 5. The molecule has 0 radical (unpaired) electrons. The fourth-order valence-electron chi connectivity index (χ4n) is 8.98. The van der Waals surface area contributed by atoms with Crippen LogP contribution in [-0.2, 0) is 12.8 Å². The van der Waals surface area contributed by atoms with Crippen LogP contribution in [0.4, 0.5) is 0 Å². The van der Waals surface area contributed by atoms with E-state index in [4.69, 9.17) is 24.1 Å². The van der Waals surface area contributed by atoms with E-state index in [-0.39, 0.29) is 0 Å². The lowest BCUT2D eigenvalue weighted by atomic mass is 9.96. The normalized spacial score (nSPS) is 14.2. The van der Waals surface area contributed by atoms with Crippen LogP contribution in [-0.4, -0.2) is 23.9 Å². The highest BCUT2D eigenvalue weighted by atomic mass is 16.5. The second-order valence-corrected chi connectivity index (χ2v) is 15.4. The van der Waals surface area contributed by atoms with Gasteiger partial charge in [-0.15, -0.1) is 0 Å². The van der Waals surface area contributed by atoms with Gasteiger partial charge in [-0.3, -0.25) is 14.0 Å². The Bertz CT molecular complexity index is 3430. The van der Waals surface area contributed by atoms with Gasteiger partial charge in [-0.25, -0.2) is 9.97 Å². The number of imidazole rings is 2. The summed E-state index contributed by atoms with van der Waals surface area (Å²) < 4.78 is 18.1. The highest BCUT2D eigenvalue weighted by Crippen LogP contribution is 2.44. The van der Waals surface area contributed by atoms with Gasteiger partial charge in [-0.1, -0.05) is 72.8 Å². The second-order valence-electron chi connectivity index (χ2n) is 15.4. The first-order chi connectivity index (χ1) is 28.0. The van der Waals surface area contributed by atoms with E-state index < -0.39 is 0 Å². The molecule has 7 heteroatoms. The fraction of sp³-hybridized carbons (Fsp3) is 0.100. The number of fused-ring (bicyclic) bond motifs is 11. The highest BCUT2D eigenvalue weighted by Gasteiger charge is 2.26. The number of aryl methyl sites for hydroxylation is 2. The number of pyridine rings is 2. The molecule has 0 saturated heterocycles. The minimum absolute atomic E-state index is 0.444. The van der Waals surface area contributed by atoms with Crippen LogP contribution in [0.2, 0.25) is 0 Å². The molecule has 0 bridgehead atoms. The Hall–Kier alpha value is -7.25. The van der Waals surface area contributed by atoms with E-state index in [1.807, 2.05) is 18.3 Å². The number of hydrogen-bond donors (Lipinski definition) is 0. The Morgan fingerprint density at radius 1 is 0.614 bits per heavy atom. The zero-order chi connectivity index (χ0) is 37.8. The number of benzene rings is 6. The summed E-state index contributed by atoms with van der Waals surface area (Å²) >= 11 is 0. The molecule has 1 unspecified atom stereocenters. The van der Waals surface area contributed by atoms with Crippen molar-refractivity contribution in [1.29, 1.82) is 0 Å². The van der Waals surface area contributed by atoms with Gasteiger partial charge in [0.15, 0.2) is 0 Å². The molecule has 57 heavy (non-hydrogen) atoms. The Morgan fingerprint density at radius 2 is 1.46 bits per heavy atom. The predicted molar refractivity (Wildman–Crippen MR) is 228 cm³/mol. The van der Waals surface area contributed by atoms with Crippen LogP contribution in [0.25, 0.3) is 77.6 Å². The van der Waals surface area contributed by atoms with Crippen LogP contribution >= 0.6 is 0 Å². The average Bonchev–Trinajstić information content (AvgIpc) is 4.02. The van der Waals surface area contributed by atoms with Gasteiger partial charge in [-0.2, -0.15) is 0 Å². The van der Waals surface area contributed by atoms with Crippen molar-refractivity contribution in [3.63, 3.8) is 0 Å². The second kappa shape index (κ2) is 12.1. The van der Waals surface area contributed by atoms with E-state index in [0.29, 0.717) is 17.4 Å². The van der Waals surface area contributed by atoms with Gasteiger partial charge in [0.25, 0.3) is 0 Å². The maximum Gasteiger partial charge on any atom is 0.221 e. The standard InChI is InChI=1S/C50H35N5O2/c1-29-20-47(52-27-30(29)2)55-46-26-36(17-19-45(46)54-44-15-9-8-14-42(44)53-50(54)55)56-37-24-40-39-18-16-32-12-6-7-13-38(32)48(39)57-49(40)41(25-37)43-23-34-21-33(22-35(34)28-51-43)31-10-4-3-5-11-31/h3-20,23-28,33H,21-22H2,1-2H3. The van der Waals surface area contributed by atoms with Crippen molar-refractivity contribution >= 4 is 60.6 Å². The molecule has 1 atom stereocenters. The average molecular weight is 738 g/mol. The Kier molecular flexibility index (Phi) is 6.81. The van der Waals surface area contributed by atoms with Gasteiger partial charge in [0, 0.05) is 40.2 Å². The molecule has 0 fully saturated rings. The summed E-state index contributed by atoms with van der Waals surface area (Å²) in [5.74, 6) is 3.46. The van der Waals surface area contributed by atoms with Crippen LogP contribution in [0.5, 0.6) is 11.5 Å². The molecule has 7 nitrogen and oxygen atoms in total. The maximum absolute atomic E-state index is 6.89. The van der Waals surface area contributed by atoms with E-state index in [1.54, 1.807) is 0 Å². The summed E-state index contributed by atoms with van der Waals surface area (Å²) in [5.41, 5.74) is 13.7. The number of ether oxygens (including phenoxy) is 1. The third-order valence-corrected chi connectivity index (χ3v) is 12.0. The molecule has 11 aromatic rings. The minimum atomic E-state index is 0.444. The topological polar surface area (TPSA) is 70.4 Å². The van der Waals surface area contributed by atoms with Gasteiger partial charge < -0.3 is 9.15 Å². The summed E-state index contributed by atoms with van der Waals surface area (Å²) in [6.07, 6.45) is 5.96. The number of nitrogens with zero attached hydrogens (tertiary/aromatic N) is 5. The molecule has 0 amide bonds. The van der Waals surface area contributed by atoms with Crippen molar-refractivity contribution < 1.29 is 9.15 Å². The van der Waals surface area contributed by atoms with Gasteiger partial charge in [0.05, 0.1) is 27.8 Å². The lowest BCUT2D eigenvalue weighted by Crippen LogP contribution is -2.00. The van der Waals surface area contributed by atoms with Crippen LogP contribution in [0.1, 0.15) is 33.7 Å². The summed E-state index contributed by atoms with van der Waals surface area (Å²) in [6.45, 7) is 4.20. The lowest BCUT2D eigenvalue weighted by Gasteiger charge is -2.11. The quantitative estimate of drug-likeness (QED) is 0.176. The van der Waals surface area contributed by atoms with Gasteiger partial charge >= 0.3 is 0 Å². The highest BCUT2D eigenvalue weighted by molar-refractivity contribution is 6.17. The molecule has 0 aliphatic heterocycles. The van der Waals surface area contributed by atoms with Crippen molar-refractivity contribution in [2.75, 3.05) is 0 Å². The van der Waals surface area contributed by atoms with E-state index in [0.717, 1.165) is 96.0 Å². The number of hydrogen-bond acceptors (Lipinski definition) is 5. The van der Waals surface area contributed by atoms with Gasteiger partial charge in [0.2, 0.25) is 5.78 Å². The Labute approximate surface area is 327 Å². The SMILES string of the molecule is Cc1cnc(-n2c3cc(Oc4cc(-c5cc6c(cn5)CC(c5ccccc5)C6)c5oc6c7ccccc7ccc6c5c4)ccc3n3c4ccccc4nc23)cc1C. The predicted octanol–water partition coefficient (Wildman–Crippen LogP) is 12.2. The van der Waals surface area contributed by atoms with Crippen molar-refractivity contribution in [3.8, 4) is 28.6 Å². The number of furan rings is 1. The van der Waals surface area contributed by atoms with Crippen LogP contribution in [0.3, 0.4) is 0 Å². The largest absolute Gasteiger partial charge is 0.457 e. The first-order valence-corrected chi connectivity index (χ1v) is 19.5. The monoisotopic (exact) mass is 737 g/mol. The summed E-state index contributed by atoms with van der Waals surface area (Å²) in [7, 11) is 0. The lowest BCUT2D eigenvalue weighted by molar-refractivity contribution is 0.484. The smallest absolute Gasteiger partial charge is 0.221 e. The number of para-hydroxylation sites is 2. The Balaban J connectivity index is 1.03. The van der Waals surface area contributed by atoms with Gasteiger partial charge in [0.1, 0.15) is 28.5 Å². The molecule has 0 N–H and O–H groups in total. The summed E-state index contributed by atoms with van der Waals surface area (Å²) in [4.78, 5) is 15.1. The molecule has 5 heterocycles. The third kappa shape index (κ3) is 4.95. The Morgan fingerprint density at radius 3 is 2.37 bits per heavy atom. The number of rotatable bonds is 5. The fourth-order valence-corrected chi connectivity index (χ4v) is 8.98. The van der Waals surface area contributed by atoms with Crippen LogP contribution in [0.15, 0.2) is 150 Å². The minimum Gasteiger partial charge on any atom is -0.457 e. The van der Waals surface area contributed by atoms with Gasteiger partial charge in [-0.05, 0) is 120 Å². The molecular weight excluding hydrogens is 703 g/mol. The first kappa shape index (κ1) is 32.0. The van der Waals surface area contributed by atoms with Crippen molar-refractivity contribution in [2.24, 2.45) is 0 Å². The van der Waals surface area contributed by atoms with Crippen LogP contribution in [0, 0.1) is 13.8 Å². The molecule has 1 aliphatic rings. The van der Waals surface area contributed by atoms with Crippen molar-refractivity contribution in [2.45, 2.75) is 32.6 Å². The zero-order valence-electron chi connectivity index (χ0n) is 31.4. The van der Waals surface area contributed by atoms with E-state index in [2.05, 4.69) is 150 Å². The van der Waals surface area contributed by atoms with E-state index in [1.165, 1.54) is 22.3 Å². The molecule has 0 saturated carbocycles. The summed E-state index contributed by atoms with van der Waals surface area (Å²) in [5, 5.41) is 4.25. The third-order valence-electron chi connectivity index (χ3n) is 12.0. The maximum atomic E-state index is 6.89. The zero-order valence-corrected chi connectivity index (χ0v) is 31.4. The molecule has 272 valence electrons. The molecule has 0 spiro atoms. The summed E-state index contributed by atoms with van der Waals surface area (Å²) in [6, 6.07) is 46.6. The van der Waals surface area contributed by atoms with E-state index >= 15 is 0 Å². The molecular formula is C50H35N5O2.